The summed E-state index contributed by atoms with van der Waals surface area (Å²) >= 11 is 0. The lowest BCUT2D eigenvalue weighted by atomic mass is 12.0. The maximum absolute atomic E-state index is 7.50. The Morgan fingerprint density at radius 2 is 0.600 bits per heavy atom. The summed E-state index contributed by atoms with van der Waals surface area (Å²) in [5.41, 5.74) is 9.00. The molecule has 64 valence electrons. The molecule has 0 aliphatic rings. The van der Waals surface area contributed by atoms with Crippen molar-refractivity contribution in [2.24, 2.45) is 0 Å². The predicted molar refractivity (Wildman–Crippen MR) is 36.0 cm³/mol. The van der Waals surface area contributed by atoms with Crippen LogP contribution in [0.25, 0.3) is 0 Å². The van der Waals surface area contributed by atoms with Gasteiger partial charge in [0.05, 0.1) is 0 Å². The summed E-state index contributed by atoms with van der Waals surface area (Å²) < 4.78 is 0. The van der Waals surface area contributed by atoms with Gasteiger partial charge in [0, 0.05) is 19.9 Å². The van der Waals surface area contributed by atoms with Crippen LogP contribution in [0, 0.1) is 40.9 Å². The standard InChI is InChI=1S/CH4.2HNO.2O2.H2O/c;4*1-2;/h1H4;2*1H;;;1H2. The highest BCUT2D eigenvalue weighted by Crippen LogP contribution is 0.769. The van der Waals surface area contributed by atoms with Crippen LogP contribution in [0.2, 0.25) is 0 Å². The molecule has 0 unspecified atom stereocenters. The molecule has 0 aromatic rings. The van der Waals surface area contributed by atoms with Gasteiger partial charge in [-0.3, -0.25) is 0 Å². The van der Waals surface area contributed by atoms with E-state index in [1.165, 1.54) is 0 Å². The lowest BCUT2D eigenvalue weighted by Gasteiger charge is -0.827. The van der Waals surface area contributed by atoms with Crippen LogP contribution >= 0.6 is 0 Å². The van der Waals surface area contributed by atoms with Crippen molar-refractivity contribution in [1.29, 1.82) is 11.2 Å². The van der Waals surface area contributed by atoms with Gasteiger partial charge in [-0.25, -0.2) is 0 Å². The van der Waals surface area contributed by atoms with Crippen molar-refractivity contribution in [2.75, 3.05) is 0 Å². The largest absolute Gasteiger partial charge is 0.412 e. The van der Waals surface area contributed by atoms with E-state index >= 15 is 0 Å². The van der Waals surface area contributed by atoms with E-state index in [1.54, 1.807) is 0 Å². The van der Waals surface area contributed by atoms with Crippen molar-refractivity contribution < 1.29 is 5.48 Å². The fourth-order valence-electron chi connectivity index (χ4n) is 0. The van der Waals surface area contributed by atoms with Crippen molar-refractivity contribution in [3.05, 3.63) is 29.7 Å². The van der Waals surface area contributed by atoms with E-state index in [0.717, 1.165) is 0 Å². The minimum absolute atomic E-state index is 0. The van der Waals surface area contributed by atoms with Gasteiger partial charge in [-0.05, 0) is 0 Å². The first-order chi connectivity index (χ1) is 4.00. The molecule has 9 nitrogen and oxygen atoms in total. The average Bonchev–Trinajstić information content (AvgIpc) is 2.03. The van der Waals surface area contributed by atoms with Crippen LogP contribution in [0.15, 0.2) is 0 Å². The molecule has 0 amide bonds. The lowest BCUT2D eigenvalue weighted by molar-refractivity contribution is 0.824. The van der Waals surface area contributed by atoms with Gasteiger partial charge in [0.25, 0.3) is 0 Å². The van der Waals surface area contributed by atoms with E-state index in [0.29, 0.717) is 0 Å². The van der Waals surface area contributed by atoms with Gasteiger partial charge < -0.3 is 5.48 Å². The van der Waals surface area contributed by atoms with Crippen LogP contribution in [0.1, 0.15) is 7.43 Å². The minimum Gasteiger partial charge on any atom is -0.412 e. The first-order valence-electron chi connectivity index (χ1n) is 0.742. The van der Waals surface area contributed by atoms with Gasteiger partial charge in [0.2, 0.25) is 0 Å². The van der Waals surface area contributed by atoms with Crippen molar-refractivity contribution >= 4 is 0 Å². The molecule has 0 aliphatic heterocycles. The van der Waals surface area contributed by atoms with Gasteiger partial charge in [-0.2, -0.15) is 9.81 Å². The number of hydrogen-bond acceptors (Lipinski definition) is 8. The molecule has 10 heavy (non-hydrogen) atoms. The molecule has 0 saturated carbocycles. The zero-order chi connectivity index (χ0) is 8.00. The number of nitrogens with one attached hydrogen (secondary N) is 2. The number of rotatable bonds is 0. The number of nitroso groups, excluding NO2 is 2. The molecule has 0 aliphatic carbocycles. The second-order valence-corrected chi connectivity index (χ2v) is 0. The van der Waals surface area contributed by atoms with Crippen LogP contribution < -0.4 is 0 Å². The summed E-state index contributed by atoms with van der Waals surface area (Å²) in [6.07, 6.45) is 0. The molecule has 0 fully saturated rings. The first kappa shape index (κ1) is 81.3. The van der Waals surface area contributed by atoms with Crippen LogP contribution in [-0.2, 0) is 0 Å². The first-order valence-corrected chi connectivity index (χ1v) is 0.742. The van der Waals surface area contributed by atoms with E-state index in [-0.39, 0.29) is 12.9 Å². The Bertz CT molecular complexity index is 19.6. The van der Waals surface area contributed by atoms with Gasteiger partial charge >= 0.3 is 0 Å². The molecule has 0 bridgehead atoms. The zero-order valence-electron chi connectivity index (χ0n) is 3.95. The smallest absolute Gasteiger partial charge is 0 e. The summed E-state index contributed by atoms with van der Waals surface area (Å²) in [5.74, 6) is 0. The van der Waals surface area contributed by atoms with Gasteiger partial charge in [0.1, 0.15) is 0 Å². The molecular weight excluding hydrogens is 152 g/mol. The summed E-state index contributed by atoms with van der Waals surface area (Å²) in [6.45, 7) is 0. The highest BCUT2D eigenvalue weighted by atomic mass is 16.7. The fraction of sp³-hybridized carbons (Fsp3) is 1.00. The summed E-state index contributed by atoms with van der Waals surface area (Å²) in [4.78, 5) is 43.0. The number of hydrogen-bond donors (Lipinski definition) is 2. The molecular formula is CH8N2O7. The van der Waals surface area contributed by atoms with E-state index in [2.05, 4.69) is 11.2 Å². The van der Waals surface area contributed by atoms with E-state index in [9.17, 15) is 0 Å². The van der Waals surface area contributed by atoms with Crippen molar-refractivity contribution in [3.63, 3.8) is 0 Å². The highest BCUT2D eigenvalue weighted by Gasteiger charge is 0.709. The maximum atomic E-state index is 7.50. The predicted octanol–water partition coefficient (Wildman–Crippen LogP) is 0.609. The minimum atomic E-state index is 0. The average molecular weight is 160 g/mol. The Balaban J connectivity index is -0.00000000500. The molecule has 0 heterocycles. The van der Waals surface area contributed by atoms with Crippen molar-refractivity contribution in [2.45, 2.75) is 7.43 Å². The van der Waals surface area contributed by atoms with E-state index < -0.39 is 0 Å². The molecule has 0 aromatic heterocycles. The molecule has 0 aromatic carbocycles. The van der Waals surface area contributed by atoms with Crippen LogP contribution in [0.4, 0.5) is 0 Å². The third kappa shape index (κ3) is 67.9. The van der Waals surface area contributed by atoms with Gasteiger partial charge in [0.15, 0.2) is 0 Å². The third-order valence-corrected chi connectivity index (χ3v) is 0. The Morgan fingerprint density at radius 3 is 0.600 bits per heavy atom. The molecule has 4 N–H and O–H groups in total. The van der Waals surface area contributed by atoms with Crippen molar-refractivity contribution in [3.8, 4) is 0 Å². The van der Waals surface area contributed by atoms with Crippen LogP contribution in [0.3, 0.4) is 0 Å². The van der Waals surface area contributed by atoms with Crippen molar-refractivity contribution in [1.82, 2.24) is 0 Å². The van der Waals surface area contributed by atoms with Gasteiger partial charge in [-0.15, -0.1) is 0 Å². The summed E-state index contributed by atoms with van der Waals surface area (Å²) in [5, 5.41) is 0. The third-order valence-electron chi connectivity index (χ3n) is 0. The fourth-order valence-corrected chi connectivity index (χ4v) is 0. The Morgan fingerprint density at radius 1 is 0.600 bits per heavy atom. The molecule has 0 rings (SSSR count). The van der Waals surface area contributed by atoms with Gasteiger partial charge in [-0.1, -0.05) is 18.6 Å². The molecule has 0 atom stereocenters. The van der Waals surface area contributed by atoms with E-state index in [4.69, 9.17) is 29.7 Å². The second kappa shape index (κ2) is 111. The molecule has 0 saturated heterocycles. The van der Waals surface area contributed by atoms with E-state index in [1.807, 2.05) is 0 Å². The lowest BCUT2D eigenvalue weighted by Crippen LogP contribution is -0.674. The van der Waals surface area contributed by atoms with Crippen LogP contribution in [-0.4, -0.2) is 5.48 Å². The monoisotopic (exact) mass is 160 g/mol. The molecule has 0 radical (unpaired) electrons. The van der Waals surface area contributed by atoms with Crippen LogP contribution in [0.5, 0.6) is 0 Å². The summed E-state index contributed by atoms with van der Waals surface area (Å²) in [7, 11) is 0. The molecule has 9 heteroatoms. The molecule has 0 spiro atoms. The zero-order valence-corrected chi connectivity index (χ0v) is 3.95. The topological polar surface area (TPSA) is 182 Å². The Labute approximate surface area is 55.1 Å². The maximum Gasteiger partial charge on any atom is 0 e. The quantitative estimate of drug-likeness (QED) is 0.488. The highest BCUT2D eigenvalue weighted by molar-refractivity contribution is 4.08. The second-order valence-electron chi connectivity index (χ2n) is 0. The SMILES string of the molecule is C.N=O.N=O.O.O=O.O=O. The Hall–Kier alpha value is -1.64. The summed E-state index contributed by atoms with van der Waals surface area (Å²) in [6, 6.07) is 0. The normalized spacial score (nSPS) is 1.60. The Kier molecular flexibility index (Phi) is 900.